The minimum Gasteiger partial charge on any atom is -0.350 e. The summed E-state index contributed by atoms with van der Waals surface area (Å²) in [6.07, 6.45) is 2.17. The maximum Gasteiger partial charge on any atom is 0.263 e. The highest BCUT2D eigenvalue weighted by Crippen LogP contribution is 2.43. The molecule has 0 aliphatic carbocycles. The van der Waals surface area contributed by atoms with Crippen molar-refractivity contribution < 1.29 is 9.59 Å². The van der Waals surface area contributed by atoms with Gasteiger partial charge in [-0.15, -0.1) is 11.3 Å². The Hall–Kier alpha value is -2.14. The first-order valence-corrected chi connectivity index (χ1v) is 9.25. The first kappa shape index (κ1) is 15.4. The second kappa shape index (κ2) is 6.06. The van der Waals surface area contributed by atoms with E-state index in [9.17, 15) is 9.59 Å². The molecule has 1 aromatic carbocycles. The Bertz CT molecular complexity index is 734. The average molecular weight is 340 g/mol. The standard InChI is InChI=1S/C19H20N2O2S/c22-17-13-15(14-5-2-1-3-6-14)19(20-17)8-10-21(11-9-19)18(23)16-7-4-12-24-16/h1-7,12,15H,8-11,13H2,(H,20,22). The van der Waals surface area contributed by atoms with Crippen LogP contribution in [0.5, 0.6) is 0 Å². The average Bonchev–Trinajstić information content (AvgIpc) is 3.24. The van der Waals surface area contributed by atoms with Crippen molar-refractivity contribution in [2.45, 2.75) is 30.7 Å². The summed E-state index contributed by atoms with van der Waals surface area (Å²) in [7, 11) is 0. The second-order valence-electron chi connectivity index (χ2n) is 6.64. The fraction of sp³-hybridized carbons (Fsp3) is 0.368. The molecular weight excluding hydrogens is 320 g/mol. The lowest BCUT2D eigenvalue weighted by Crippen LogP contribution is -2.54. The number of carbonyl (C=O) groups is 2. The van der Waals surface area contributed by atoms with Crippen molar-refractivity contribution in [1.29, 1.82) is 0 Å². The predicted octanol–water partition coefficient (Wildman–Crippen LogP) is 3.03. The van der Waals surface area contributed by atoms with Crippen LogP contribution in [-0.2, 0) is 4.79 Å². The number of nitrogens with zero attached hydrogens (tertiary/aromatic N) is 1. The minimum atomic E-state index is -0.204. The third-order valence-electron chi connectivity index (χ3n) is 5.32. The summed E-state index contributed by atoms with van der Waals surface area (Å²) in [5, 5.41) is 5.17. The molecule has 5 heteroatoms. The zero-order valence-electron chi connectivity index (χ0n) is 13.4. The van der Waals surface area contributed by atoms with E-state index in [-0.39, 0.29) is 23.3 Å². The van der Waals surface area contributed by atoms with E-state index in [1.54, 1.807) is 0 Å². The molecule has 2 aliphatic rings. The Morgan fingerprint density at radius 2 is 1.88 bits per heavy atom. The maximum absolute atomic E-state index is 12.5. The molecule has 1 N–H and O–H groups in total. The molecule has 0 bridgehead atoms. The van der Waals surface area contributed by atoms with Crippen molar-refractivity contribution >= 4 is 23.2 Å². The van der Waals surface area contributed by atoms with Crippen molar-refractivity contribution in [3.05, 3.63) is 58.3 Å². The molecule has 2 fully saturated rings. The summed E-state index contributed by atoms with van der Waals surface area (Å²) in [6.45, 7) is 1.39. The molecule has 0 saturated carbocycles. The number of hydrogen-bond acceptors (Lipinski definition) is 3. The van der Waals surface area contributed by atoms with Crippen LogP contribution < -0.4 is 5.32 Å². The van der Waals surface area contributed by atoms with E-state index in [2.05, 4.69) is 17.4 Å². The smallest absolute Gasteiger partial charge is 0.263 e. The molecule has 4 rings (SSSR count). The quantitative estimate of drug-likeness (QED) is 0.913. The van der Waals surface area contributed by atoms with Gasteiger partial charge in [0.15, 0.2) is 0 Å². The molecule has 1 spiro atoms. The van der Waals surface area contributed by atoms with Gasteiger partial charge < -0.3 is 10.2 Å². The van der Waals surface area contributed by atoms with Crippen molar-refractivity contribution in [3.63, 3.8) is 0 Å². The van der Waals surface area contributed by atoms with Crippen LogP contribution in [0.1, 0.15) is 40.4 Å². The molecule has 2 aliphatic heterocycles. The van der Waals surface area contributed by atoms with Gasteiger partial charge in [0.05, 0.1) is 10.4 Å². The van der Waals surface area contributed by atoms with Gasteiger partial charge in [-0.25, -0.2) is 0 Å². The molecule has 2 saturated heterocycles. The minimum absolute atomic E-state index is 0.112. The Balaban J connectivity index is 1.52. The number of benzene rings is 1. The van der Waals surface area contributed by atoms with Gasteiger partial charge in [-0.2, -0.15) is 0 Å². The maximum atomic E-state index is 12.5. The third kappa shape index (κ3) is 2.63. The van der Waals surface area contributed by atoms with Gasteiger partial charge in [-0.05, 0) is 29.9 Å². The molecular formula is C19H20N2O2S. The first-order valence-electron chi connectivity index (χ1n) is 8.37. The number of likely N-dealkylation sites (tertiary alicyclic amines) is 1. The van der Waals surface area contributed by atoms with E-state index < -0.39 is 0 Å². The number of nitrogens with one attached hydrogen (secondary N) is 1. The van der Waals surface area contributed by atoms with E-state index >= 15 is 0 Å². The number of thiophene rings is 1. The van der Waals surface area contributed by atoms with Gasteiger partial charge >= 0.3 is 0 Å². The Morgan fingerprint density at radius 3 is 2.54 bits per heavy atom. The van der Waals surface area contributed by atoms with Gasteiger partial charge in [0.25, 0.3) is 5.91 Å². The SMILES string of the molecule is O=C1CC(c2ccccc2)C2(CCN(C(=O)c3cccs3)CC2)N1. The van der Waals surface area contributed by atoms with Crippen LogP contribution in [0.15, 0.2) is 47.8 Å². The van der Waals surface area contributed by atoms with Crippen LogP contribution >= 0.6 is 11.3 Å². The highest BCUT2D eigenvalue weighted by Gasteiger charge is 2.49. The molecule has 1 aromatic heterocycles. The Kier molecular flexibility index (Phi) is 3.88. The van der Waals surface area contributed by atoms with Gasteiger partial charge in [-0.1, -0.05) is 36.4 Å². The lowest BCUT2D eigenvalue weighted by atomic mass is 9.74. The van der Waals surface area contributed by atoms with Crippen molar-refractivity contribution in [2.75, 3.05) is 13.1 Å². The summed E-state index contributed by atoms with van der Waals surface area (Å²) in [5.74, 6) is 0.438. The lowest BCUT2D eigenvalue weighted by molar-refractivity contribution is -0.120. The van der Waals surface area contributed by atoms with Crippen LogP contribution in [0.25, 0.3) is 0 Å². The van der Waals surface area contributed by atoms with Crippen molar-refractivity contribution in [2.24, 2.45) is 0 Å². The Morgan fingerprint density at radius 1 is 1.12 bits per heavy atom. The number of rotatable bonds is 2. The molecule has 2 aromatic rings. The number of piperidine rings is 1. The summed E-state index contributed by atoms with van der Waals surface area (Å²) in [5.41, 5.74) is 1.01. The summed E-state index contributed by atoms with van der Waals surface area (Å²) in [4.78, 5) is 27.4. The molecule has 24 heavy (non-hydrogen) atoms. The highest BCUT2D eigenvalue weighted by atomic mass is 32.1. The Labute approximate surface area is 145 Å². The zero-order chi connectivity index (χ0) is 16.6. The topological polar surface area (TPSA) is 49.4 Å². The predicted molar refractivity (Wildman–Crippen MR) is 94.1 cm³/mol. The third-order valence-corrected chi connectivity index (χ3v) is 6.18. The molecule has 2 amide bonds. The van der Waals surface area contributed by atoms with Crippen LogP contribution in [-0.4, -0.2) is 35.3 Å². The van der Waals surface area contributed by atoms with Gasteiger partial charge in [-0.3, -0.25) is 9.59 Å². The van der Waals surface area contributed by atoms with E-state index in [0.29, 0.717) is 19.5 Å². The highest BCUT2D eigenvalue weighted by molar-refractivity contribution is 7.12. The molecule has 124 valence electrons. The monoisotopic (exact) mass is 340 g/mol. The van der Waals surface area contributed by atoms with Crippen LogP contribution in [0.4, 0.5) is 0 Å². The van der Waals surface area contributed by atoms with Crippen molar-refractivity contribution in [1.82, 2.24) is 10.2 Å². The van der Waals surface area contributed by atoms with Gasteiger partial charge in [0, 0.05) is 25.4 Å². The van der Waals surface area contributed by atoms with E-state index in [0.717, 1.165) is 17.7 Å². The number of carbonyl (C=O) groups excluding carboxylic acids is 2. The fourth-order valence-electron chi connectivity index (χ4n) is 4.06. The second-order valence-corrected chi connectivity index (χ2v) is 7.59. The zero-order valence-corrected chi connectivity index (χ0v) is 14.2. The largest absolute Gasteiger partial charge is 0.350 e. The summed E-state index contributed by atoms with van der Waals surface area (Å²) < 4.78 is 0. The number of hydrogen-bond donors (Lipinski definition) is 1. The van der Waals surface area contributed by atoms with Crippen molar-refractivity contribution in [3.8, 4) is 0 Å². The molecule has 1 unspecified atom stereocenters. The van der Waals surface area contributed by atoms with Gasteiger partial charge in [0.1, 0.15) is 0 Å². The van der Waals surface area contributed by atoms with Crippen LogP contribution in [0.2, 0.25) is 0 Å². The van der Waals surface area contributed by atoms with E-state index in [4.69, 9.17) is 0 Å². The first-order chi connectivity index (χ1) is 11.7. The molecule has 3 heterocycles. The summed E-state index contributed by atoms with van der Waals surface area (Å²) >= 11 is 1.49. The van der Waals surface area contributed by atoms with E-state index in [1.165, 1.54) is 16.9 Å². The number of amides is 2. The van der Waals surface area contributed by atoms with Gasteiger partial charge in [0.2, 0.25) is 5.91 Å². The fourth-order valence-corrected chi connectivity index (χ4v) is 4.75. The van der Waals surface area contributed by atoms with Crippen LogP contribution in [0, 0.1) is 0 Å². The van der Waals surface area contributed by atoms with E-state index in [1.807, 2.05) is 40.6 Å². The molecule has 0 radical (unpaired) electrons. The van der Waals surface area contributed by atoms with Crippen LogP contribution in [0.3, 0.4) is 0 Å². The normalized spacial score (nSPS) is 22.6. The summed E-state index contributed by atoms with van der Waals surface area (Å²) in [6, 6.07) is 14.1. The molecule has 1 atom stereocenters. The molecule has 4 nitrogen and oxygen atoms in total. The lowest BCUT2D eigenvalue weighted by Gasteiger charge is -2.42.